The van der Waals surface area contributed by atoms with E-state index in [2.05, 4.69) is 45.1 Å². The molecule has 0 aromatic rings. The Morgan fingerprint density at radius 1 is 1.17 bits per heavy atom. The van der Waals surface area contributed by atoms with Crippen LogP contribution in [-0.2, 0) is 9.53 Å². The lowest BCUT2D eigenvalue weighted by Crippen LogP contribution is -2.22. The molecule has 4 atom stereocenters. The maximum atomic E-state index is 11.9. The number of fused-ring (bicyclic) bond motifs is 2. The third-order valence-corrected chi connectivity index (χ3v) is 4.29. The van der Waals surface area contributed by atoms with Crippen LogP contribution in [0.1, 0.15) is 33.6 Å². The van der Waals surface area contributed by atoms with Crippen molar-refractivity contribution in [2.45, 2.75) is 33.6 Å². The van der Waals surface area contributed by atoms with E-state index in [1.165, 1.54) is 6.42 Å². The van der Waals surface area contributed by atoms with E-state index in [4.69, 9.17) is 4.74 Å². The zero-order valence-electron chi connectivity index (χ0n) is 11.6. The third-order valence-electron chi connectivity index (χ3n) is 4.29. The third kappa shape index (κ3) is 3.04. The highest BCUT2D eigenvalue weighted by Crippen LogP contribution is 2.30. The van der Waals surface area contributed by atoms with Crippen LogP contribution >= 0.6 is 0 Å². The first-order chi connectivity index (χ1) is 8.58. The van der Waals surface area contributed by atoms with E-state index >= 15 is 0 Å². The number of ether oxygens (including phenoxy) is 1. The molecule has 2 rings (SSSR count). The molecule has 0 N–H and O–H groups in total. The minimum Gasteiger partial charge on any atom is -0.464 e. The monoisotopic (exact) mass is 248 g/mol. The molecule has 18 heavy (non-hydrogen) atoms. The van der Waals surface area contributed by atoms with Crippen molar-refractivity contribution in [1.82, 2.24) is 0 Å². The highest BCUT2D eigenvalue weighted by molar-refractivity contribution is 5.75. The average Bonchev–Trinajstić information content (AvgIpc) is 2.52. The van der Waals surface area contributed by atoms with Gasteiger partial charge in [-0.2, -0.15) is 0 Å². The Morgan fingerprint density at radius 3 is 2.61 bits per heavy atom. The van der Waals surface area contributed by atoms with Gasteiger partial charge in [0.2, 0.25) is 0 Å². The first-order valence-electron chi connectivity index (χ1n) is 7.11. The Labute approximate surface area is 110 Å². The number of esters is 1. The van der Waals surface area contributed by atoms with Gasteiger partial charge in [-0.3, -0.25) is 4.79 Å². The SMILES string of the molecule is CC(C)[C@H]1C=C[C@@H]2C=CC(C(=O)OC2)[C@H](C)CC1. The molecule has 0 amide bonds. The second-order valence-electron chi connectivity index (χ2n) is 6.05. The van der Waals surface area contributed by atoms with E-state index < -0.39 is 0 Å². The van der Waals surface area contributed by atoms with Crippen molar-refractivity contribution in [2.75, 3.05) is 6.61 Å². The van der Waals surface area contributed by atoms with Crippen molar-refractivity contribution in [1.29, 1.82) is 0 Å². The van der Waals surface area contributed by atoms with Gasteiger partial charge in [-0.05, 0) is 30.6 Å². The van der Waals surface area contributed by atoms with Crippen LogP contribution in [-0.4, -0.2) is 12.6 Å². The van der Waals surface area contributed by atoms with E-state index in [-0.39, 0.29) is 17.8 Å². The Balaban J connectivity index is 2.23. The van der Waals surface area contributed by atoms with Crippen LogP contribution in [0.2, 0.25) is 0 Å². The first-order valence-corrected chi connectivity index (χ1v) is 7.11. The molecule has 0 saturated carbocycles. The normalized spacial score (nSPS) is 36.6. The second kappa shape index (κ2) is 5.73. The van der Waals surface area contributed by atoms with Crippen molar-refractivity contribution >= 4 is 5.97 Å². The Bertz CT molecular complexity index is 354. The van der Waals surface area contributed by atoms with Gasteiger partial charge in [0.1, 0.15) is 6.61 Å². The molecule has 0 spiro atoms. The summed E-state index contributed by atoms with van der Waals surface area (Å²) >= 11 is 0. The van der Waals surface area contributed by atoms with Crippen LogP contribution in [0.3, 0.4) is 0 Å². The predicted octanol–water partition coefficient (Wildman–Crippen LogP) is 3.59. The van der Waals surface area contributed by atoms with Crippen LogP contribution in [0.4, 0.5) is 0 Å². The summed E-state index contributed by atoms with van der Waals surface area (Å²) < 4.78 is 5.37. The fourth-order valence-corrected chi connectivity index (χ4v) is 2.78. The number of hydrogen-bond donors (Lipinski definition) is 0. The fraction of sp³-hybridized carbons (Fsp3) is 0.688. The standard InChI is InChI=1S/C16H24O2/c1-11(2)14-7-4-12(3)15-9-6-13(5-8-14)10-18-16(15)17/h5-6,8-9,11-15H,4,7,10H2,1-3H3/t12-,13-,14-,15?/m1/s1. The highest BCUT2D eigenvalue weighted by atomic mass is 16.5. The predicted molar refractivity (Wildman–Crippen MR) is 72.9 cm³/mol. The van der Waals surface area contributed by atoms with Gasteiger partial charge in [-0.25, -0.2) is 0 Å². The second-order valence-corrected chi connectivity index (χ2v) is 6.05. The average molecular weight is 248 g/mol. The summed E-state index contributed by atoms with van der Waals surface area (Å²) in [6.07, 6.45) is 11.0. The minimum atomic E-state index is -0.0469. The smallest absolute Gasteiger partial charge is 0.313 e. The van der Waals surface area contributed by atoms with Crippen molar-refractivity contribution in [2.24, 2.45) is 29.6 Å². The van der Waals surface area contributed by atoms with Crippen molar-refractivity contribution < 1.29 is 9.53 Å². The Kier molecular flexibility index (Phi) is 4.26. The Hall–Kier alpha value is -1.05. The summed E-state index contributed by atoms with van der Waals surface area (Å²) in [4.78, 5) is 11.9. The lowest BCUT2D eigenvalue weighted by Gasteiger charge is -2.22. The molecule has 1 aliphatic carbocycles. The molecule has 2 nitrogen and oxygen atoms in total. The summed E-state index contributed by atoms with van der Waals surface area (Å²) in [6.45, 7) is 7.21. The van der Waals surface area contributed by atoms with E-state index in [0.29, 0.717) is 24.4 Å². The zero-order chi connectivity index (χ0) is 13.1. The zero-order valence-corrected chi connectivity index (χ0v) is 11.6. The van der Waals surface area contributed by atoms with Gasteiger partial charge >= 0.3 is 5.97 Å². The quantitative estimate of drug-likeness (QED) is 0.523. The van der Waals surface area contributed by atoms with Gasteiger partial charge in [0.05, 0.1) is 5.92 Å². The first kappa shape index (κ1) is 13.4. The van der Waals surface area contributed by atoms with Gasteiger partial charge < -0.3 is 4.74 Å². The molecule has 0 fully saturated rings. The molecule has 100 valence electrons. The number of cyclic esters (lactones) is 1. The maximum absolute atomic E-state index is 11.9. The van der Waals surface area contributed by atoms with Crippen LogP contribution < -0.4 is 0 Å². The molecule has 1 heterocycles. The van der Waals surface area contributed by atoms with E-state index in [0.717, 1.165) is 6.42 Å². The number of rotatable bonds is 1. The molecule has 1 aliphatic heterocycles. The molecule has 0 radical (unpaired) electrons. The molecule has 1 unspecified atom stereocenters. The van der Waals surface area contributed by atoms with Crippen LogP contribution in [0.15, 0.2) is 24.3 Å². The van der Waals surface area contributed by atoms with Gasteiger partial charge in [-0.1, -0.05) is 45.1 Å². The summed E-state index contributed by atoms with van der Waals surface area (Å²) in [6, 6.07) is 0. The number of carbonyl (C=O) groups is 1. The largest absolute Gasteiger partial charge is 0.464 e. The molecule has 0 aromatic heterocycles. The molecule has 2 heteroatoms. The summed E-state index contributed by atoms with van der Waals surface area (Å²) in [5.74, 6) is 1.82. The number of hydrogen-bond acceptors (Lipinski definition) is 2. The lowest BCUT2D eigenvalue weighted by atomic mass is 9.82. The number of carbonyl (C=O) groups excluding carboxylic acids is 1. The van der Waals surface area contributed by atoms with Gasteiger partial charge in [0.15, 0.2) is 0 Å². The van der Waals surface area contributed by atoms with Crippen molar-refractivity contribution in [3.8, 4) is 0 Å². The van der Waals surface area contributed by atoms with E-state index in [1.54, 1.807) is 0 Å². The van der Waals surface area contributed by atoms with Crippen LogP contribution in [0.5, 0.6) is 0 Å². The van der Waals surface area contributed by atoms with Crippen LogP contribution in [0.25, 0.3) is 0 Å². The van der Waals surface area contributed by atoms with Crippen LogP contribution in [0, 0.1) is 29.6 Å². The summed E-state index contributed by atoms with van der Waals surface area (Å²) in [7, 11) is 0. The van der Waals surface area contributed by atoms with Gasteiger partial charge in [0.25, 0.3) is 0 Å². The molecule has 2 aliphatic rings. The Morgan fingerprint density at radius 2 is 1.89 bits per heavy atom. The van der Waals surface area contributed by atoms with Gasteiger partial charge in [-0.15, -0.1) is 0 Å². The van der Waals surface area contributed by atoms with Crippen molar-refractivity contribution in [3.63, 3.8) is 0 Å². The van der Waals surface area contributed by atoms with E-state index in [1.807, 2.05) is 0 Å². The minimum absolute atomic E-state index is 0.0438. The summed E-state index contributed by atoms with van der Waals surface area (Å²) in [5, 5.41) is 0. The molecule has 0 aromatic carbocycles. The maximum Gasteiger partial charge on any atom is 0.313 e. The molecular formula is C16H24O2. The van der Waals surface area contributed by atoms with Crippen molar-refractivity contribution in [3.05, 3.63) is 24.3 Å². The van der Waals surface area contributed by atoms with E-state index in [9.17, 15) is 4.79 Å². The highest BCUT2D eigenvalue weighted by Gasteiger charge is 2.28. The number of allylic oxidation sites excluding steroid dienone is 1. The molecule has 2 bridgehead atoms. The molecule has 0 saturated heterocycles. The van der Waals surface area contributed by atoms with Gasteiger partial charge in [0, 0.05) is 5.92 Å². The topological polar surface area (TPSA) is 26.3 Å². The summed E-state index contributed by atoms with van der Waals surface area (Å²) in [5.41, 5.74) is 0. The molecular weight excluding hydrogens is 224 g/mol. The fourth-order valence-electron chi connectivity index (χ4n) is 2.78. The lowest BCUT2D eigenvalue weighted by molar-refractivity contribution is -0.148.